The molecule has 1 heterocycles. The fourth-order valence-corrected chi connectivity index (χ4v) is 3.78. The van der Waals surface area contributed by atoms with E-state index in [1.54, 1.807) is 22.9 Å². The molecule has 1 N–H and O–H groups in total. The SMILES string of the molecule is Cc1nn(COc2ccc(Cl)cc2Cl)c(C)c1NC(=O)C1CCCCC1. The summed E-state index contributed by atoms with van der Waals surface area (Å²) in [4.78, 5) is 12.5. The molecule has 2 aromatic rings. The zero-order valence-electron chi connectivity index (χ0n) is 15.0. The lowest BCUT2D eigenvalue weighted by Crippen LogP contribution is -2.25. The third-order valence-electron chi connectivity index (χ3n) is 4.84. The van der Waals surface area contributed by atoms with E-state index in [2.05, 4.69) is 10.4 Å². The number of aromatic nitrogens is 2. The number of ether oxygens (including phenoxy) is 1. The molecule has 0 unspecified atom stereocenters. The number of hydrogen-bond acceptors (Lipinski definition) is 3. The quantitative estimate of drug-likeness (QED) is 0.740. The fraction of sp³-hybridized carbons (Fsp3) is 0.474. The summed E-state index contributed by atoms with van der Waals surface area (Å²) in [7, 11) is 0. The number of hydrogen-bond donors (Lipinski definition) is 1. The summed E-state index contributed by atoms with van der Waals surface area (Å²) in [5.41, 5.74) is 2.40. The van der Waals surface area contributed by atoms with Gasteiger partial charge in [0.15, 0.2) is 6.73 Å². The largest absolute Gasteiger partial charge is 0.470 e. The summed E-state index contributed by atoms with van der Waals surface area (Å²) in [5.74, 6) is 0.739. The van der Waals surface area contributed by atoms with E-state index in [9.17, 15) is 4.79 Å². The third kappa shape index (κ3) is 4.33. The van der Waals surface area contributed by atoms with Crippen LogP contribution in [-0.2, 0) is 11.5 Å². The van der Waals surface area contributed by atoms with Gasteiger partial charge in [-0.3, -0.25) is 4.79 Å². The molecule has 0 saturated heterocycles. The van der Waals surface area contributed by atoms with Gasteiger partial charge in [-0.2, -0.15) is 5.10 Å². The summed E-state index contributed by atoms with van der Waals surface area (Å²) < 4.78 is 7.46. The number of benzene rings is 1. The second kappa shape index (κ2) is 8.31. The molecule has 1 fully saturated rings. The van der Waals surface area contributed by atoms with E-state index in [0.717, 1.165) is 42.8 Å². The van der Waals surface area contributed by atoms with E-state index in [0.29, 0.717) is 15.8 Å². The van der Waals surface area contributed by atoms with Crippen LogP contribution in [0.25, 0.3) is 0 Å². The first kappa shape index (κ1) is 19.1. The van der Waals surface area contributed by atoms with Crippen LogP contribution in [0.3, 0.4) is 0 Å². The van der Waals surface area contributed by atoms with Crippen LogP contribution in [0.2, 0.25) is 10.0 Å². The number of nitrogens with one attached hydrogen (secondary N) is 1. The van der Waals surface area contributed by atoms with Crippen LogP contribution in [0.1, 0.15) is 43.5 Å². The summed E-state index contributed by atoms with van der Waals surface area (Å²) in [6.45, 7) is 4.01. The van der Waals surface area contributed by atoms with Gasteiger partial charge in [0.25, 0.3) is 0 Å². The Morgan fingerprint density at radius 2 is 2.00 bits per heavy atom. The maximum Gasteiger partial charge on any atom is 0.227 e. The Morgan fingerprint density at radius 1 is 1.27 bits per heavy atom. The Morgan fingerprint density at radius 3 is 2.69 bits per heavy atom. The molecule has 1 aromatic heterocycles. The van der Waals surface area contributed by atoms with Gasteiger partial charge in [0, 0.05) is 10.9 Å². The van der Waals surface area contributed by atoms with E-state index < -0.39 is 0 Å². The van der Waals surface area contributed by atoms with E-state index in [-0.39, 0.29) is 18.6 Å². The van der Waals surface area contributed by atoms with Gasteiger partial charge < -0.3 is 10.1 Å². The number of rotatable bonds is 5. The van der Waals surface area contributed by atoms with E-state index in [1.165, 1.54) is 6.42 Å². The molecule has 1 aliphatic carbocycles. The summed E-state index contributed by atoms with van der Waals surface area (Å²) in [5, 5.41) is 8.55. The smallest absolute Gasteiger partial charge is 0.227 e. The van der Waals surface area contributed by atoms with Gasteiger partial charge in [0.2, 0.25) is 5.91 Å². The molecule has 1 saturated carbocycles. The molecule has 0 atom stereocenters. The Hall–Kier alpha value is -1.72. The Kier molecular flexibility index (Phi) is 6.09. The van der Waals surface area contributed by atoms with E-state index >= 15 is 0 Å². The number of halogens is 2. The molecule has 0 aliphatic heterocycles. The first-order chi connectivity index (χ1) is 12.5. The van der Waals surface area contributed by atoms with Crippen LogP contribution in [0.15, 0.2) is 18.2 Å². The van der Waals surface area contributed by atoms with Crippen LogP contribution >= 0.6 is 23.2 Å². The predicted octanol–water partition coefficient (Wildman–Crippen LogP) is 5.36. The van der Waals surface area contributed by atoms with Crippen LogP contribution < -0.4 is 10.1 Å². The number of amides is 1. The first-order valence-corrected chi connectivity index (χ1v) is 9.64. The zero-order valence-corrected chi connectivity index (χ0v) is 16.5. The maximum atomic E-state index is 12.5. The minimum Gasteiger partial charge on any atom is -0.470 e. The van der Waals surface area contributed by atoms with Crippen molar-refractivity contribution in [3.63, 3.8) is 0 Å². The molecular weight excluding hydrogens is 373 g/mol. The van der Waals surface area contributed by atoms with Gasteiger partial charge in [0.05, 0.1) is 22.1 Å². The summed E-state index contributed by atoms with van der Waals surface area (Å²) in [6, 6.07) is 5.08. The number of carbonyl (C=O) groups excluding carboxylic acids is 1. The van der Waals surface area contributed by atoms with Gasteiger partial charge >= 0.3 is 0 Å². The van der Waals surface area contributed by atoms with Crippen molar-refractivity contribution in [3.8, 4) is 5.75 Å². The second-order valence-corrected chi connectivity index (χ2v) is 7.56. The van der Waals surface area contributed by atoms with Crippen molar-refractivity contribution in [2.45, 2.75) is 52.7 Å². The second-order valence-electron chi connectivity index (χ2n) is 6.72. The minimum atomic E-state index is 0.0946. The van der Waals surface area contributed by atoms with E-state index in [4.69, 9.17) is 27.9 Å². The lowest BCUT2D eigenvalue weighted by atomic mass is 9.88. The average molecular weight is 396 g/mol. The van der Waals surface area contributed by atoms with Gasteiger partial charge in [-0.15, -0.1) is 0 Å². The van der Waals surface area contributed by atoms with Gasteiger partial charge in [-0.25, -0.2) is 4.68 Å². The number of carbonyl (C=O) groups is 1. The van der Waals surface area contributed by atoms with Crippen molar-refractivity contribution < 1.29 is 9.53 Å². The lowest BCUT2D eigenvalue weighted by molar-refractivity contribution is -0.120. The van der Waals surface area contributed by atoms with Crippen molar-refractivity contribution in [2.24, 2.45) is 5.92 Å². The van der Waals surface area contributed by atoms with Crippen LogP contribution in [-0.4, -0.2) is 15.7 Å². The van der Waals surface area contributed by atoms with Gasteiger partial charge in [-0.05, 0) is 44.9 Å². The maximum absolute atomic E-state index is 12.5. The van der Waals surface area contributed by atoms with Gasteiger partial charge in [0.1, 0.15) is 5.75 Å². The molecule has 0 bridgehead atoms. The highest BCUT2D eigenvalue weighted by atomic mass is 35.5. The fourth-order valence-electron chi connectivity index (χ4n) is 3.32. The first-order valence-electron chi connectivity index (χ1n) is 8.88. The molecule has 26 heavy (non-hydrogen) atoms. The molecule has 1 aliphatic rings. The molecule has 1 amide bonds. The van der Waals surface area contributed by atoms with E-state index in [1.807, 2.05) is 13.8 Å². The molecule has 5 nitrogen and oxygen atoms in total. The zero-order chi connectivity index (χ0) is 18.7. The molecule has 3 rings (SSSR count). The normalized spacial score (nSPS) is 15.1. The monoisotopic (exact) mass is 395 g/mol. The van der Waals surface area contributed by atoms with Crippen molar-refractivity contribution in [1.82, 2.24) is 9.78 Å². The summed E-state index contributed by atoms with van der Waals surface area (Å²) in [6.07, 6.45) is 5.42. The molecule has 140 valence electrons. The lowest BCUT2D eigenvalue weighted by Gasteiger charge is -2.20. The summed E-state index contributed by atoms with van der Waals surface area (Å²) >= 11 is 12.0. The van der Waals surface area contributed by atoms with Crippen LogP contribution in [0, 0.1) is 19.8 Å². The van der Waals surface area contributed by atoms with Crippen molar-refractivity contribution in [3.05, 3.63) is 39.6 Å². The highest BCUT2D eigenvalue weighted by Gasteiger charge is 2.23. The van der Waals surface area contributed by atoms with Crippen molar-refractivity contribution in [1.29, 1.82) is 0 Å². The third-order valence-corrected chi connectivity index (χ3v) is 5.37. The highest BCUT2D eigenvalue weighted by molar-refractivity contribution is 6.35. The minimum absolute atomic E-state index is 0.0946. The Labute approximate surface area is 163 Å². The molecule has 0 radical (unpaired) electrons. The Bertz CT molecular complexity index is 798. The highest BCUT2D eigenvalue weighted by Crippen LogP contribution is 2.29. The number of nitrogens with zero attached hydrogens (tertiary/aromatic N) is 2. The predicted molar refractivity (Wildman–Crippen MR) is 104 cm³/mol. The Balaban J connectivity index is 1.68. The standard InChI is InChI=1S/C19H23Cl2N3O2/c1-12-18(22-19(25)14-6-4-3-5-7-14)13(2)24(23-12)11-26-17-9-8-15(20)10-16(17)21/h8-10,14H,3-7,11H2,1-2H3,(H,22,25). The average Bonchev–Trinajstić information content (AvgIpc) is 2.89. The topological polar surface area (TPSA) is 56.1 Å². The van der Waals surface area contributed by atoms with Crippen LogP contribution in [0.4, 0.5) is 5.69 Å². The van der Waals surface area contributed by atoms with Crippen molar-refractivity contribution in [2.75, 3.05) is 5.32 Å². The molecule has 7 heteroatoms. The molecule has 1 aromatic carbocycles. The number of aryl methyl sites for hydroxylation is 1. The van der Waals surface area contributed by atoms with Gasteiger partial charge in [-0.1, -0.05) is 42.5 Å². The molecule has 0 spiro atoms. The van der Waals surface area contributed by atoms with Crippen molar-refractivity contribution >= 4 is 34.8 Å². The molecular formula is C19H23Cl2N3O2. The number of anilines is 1. The van der Waals surface area contributed by atoms with Crippen LogP contribution in [0.5, 0.6) is 5.75 Å².